The van der Waals surface area contributed by atoms with Crippen LogP contribution in [0.2, 0.25) is 0 Å². The zero-order valence-corrected chi connectivity index (χ0v) is 12.3. The van der Waals surface area contributed by atoms with Crippen LogP contribution in [0.1, 0.15) is 43.5 Å². The maximum absolute atomic E-state index is 12.6. The molecule has 0 aromatic heterocycles. The Balaban J connectivity index is 2.09. The van der Waals surface area contributed by atoms with E-state index < -0.39 is 0 Å². The molecule has 0 aliphatic carbocycles. The lowest BCUT2D eigenvalue weighted by molar-refractivity contribution is 0.0511. The molecule has 2 rings (SSSR count). The summed E-state index contributed by atoms with van der Waals surface area (Å²) in [4.78, 5) is 14.6. The van der Waals surface area contributed by atoms with E-state index in [0.717, 1.165) is 24.2 Å². The third-order valence-electron chi connectivity index (χ3n) is 3.90. The highest BCUT2D eigenvalue weighted by Crippen LogP contribution is 2.25. The largest absolute Gasteiger partial charge is 0.490 e. The molecule has 1 amide bonds. The number of hydrogen-bond acceptors (Lipinski definition) is 2. The quantitative estimate of drug-likeness (QED) is 0.784. The van der Waals surface area contributed by atoms with Gasteiger partial charge in [-0.05, 0) is 57.4 Å². The van der Waals surface area contributed by atoms with E-state index in [2.05, 4.69) is 20.4 Å². The van der Waals surface area contributed by atoms with Crippen LogP contribution in [0.3, 0.4) is 0 Å². The van der Waals surface area contributed by atoms with Crippen molar-refractivity contribution >= 4 is 5.91 Å². The van der Waals surface area contributed by atoms with E-state index >= 15 is 0 Å². The number of ether oxygens (including phenoxy) is 1. The molecular formula is C17H23NO2. The molecular weight excluding hydrogens is 250 g/mol. The molecule has 0 bridgehead atoms. The smallest absolute Gasteiger partial charge is 0.254 e. The number of amides is 1. The summed E-state index contributed by atoms with van der Waals surface area (Å²) in [5.41, 5.74) is 0.733. The summed E-state index contributed by atoms with van der Waals surface area (Å²) in [6, 6.07) is 8.02. The molecule has 3 heteroatoms. The van der Waals surface area contributed by atoms with E-state index in [1.54, 1.807) is 6.08 Å². The summed E-state index contributed by atoms with van der Waals surface area (Å²) >= 11 is 0. The molecule has 1 aliphatic heterocycles. The Morgan fingerprint density at radius 2 is 1.90 bits per heavy atom. The summed E-state index contributed by atoms with van der Waals surface area (Å²) in [7, 11) is 0. The zero-order chi connectivity index (χ0) is 14.5. The predicted molar refractivity (Wildman–Crippen MR) is 81.1 cm³/mol. The summed E-state index contributed by atoms with van der Waals surface area (Å²) < 4.78 is 5.43. The highest BCUT2D eigenvalue weighted by molar-refractivity contribution is 5.94. The fourth-order valence-corrected chi connectivity index (χ4v) is 2.82. The van der Waals surface area contributed by atoms with Gasteiger partial charge in [0.05, 0.1) is 0 Å². The third-order valence-corrected chi connectivity index (χ3v) is 3.90. The fourth-order valence-electron chi connectivity index (χ4n) is 2.82. The third kappa shape index (κ3) is 3.21. The minimum absolute atomic E-state index is 0.125. The molecule has 2 atom stereocenters. The number of nitrogens with zero attached hydrogens (tertiary/aromatic N) is 1. The minimum atomic E-state index is 0.125. The van der Waals surface area contributed by atoms with Gasteiger partial charge in [-0.2, -0.15) is 0 Å². The maximum atomic E-state index is 12.6. The van der Waals surface area contributed by atoms with Crippen LogP contribution in [0.5, 0.6) is 5.75 Å². The van der Waals surface area contributed by atoms with Gasteiger partial charge in [0.2, 0.25) is 0 Å². The number of hydrogen-bond donors (Lipinski definition) is 0. The lowest BCUT2D eigenvalue weighted by atomic mass is 9.96. The van der Waals surface area contributed by atoms with E-state index in [1.165, 1.54) is 6.42 Å². The molecule has 1 saturated heterocycles. The van der Waals surface area contributed by atoms with Crippen LogP contribution in [0, 0.1) is 0 Å². The first-order valence-corrected chi connectivity index (χ1v) is 7.30. The van der Waals surface area contributed by atoms with Crippen molar-refractivity contribution in [2.75, 3.05) is 6.61 Å². The first-order valence-electron chi connectivity index (χ1n) is 7.30. The van der Waals surface area contributed by atoms with Gasteiger partial charge in [0.25, 0.3) is 5.91 Å². The number of benzene rings is 1. The van der Waals surface area contributed by atoms with Crippen molar-refractivity contribution < 1.29 is 9.53 Å². The SMILES string of the molecule is C=CCOc1ccc(C(=O)N2C(C)CCCC2C)cc1. The van der Waals surface area contributed by atoms with Crippen LogP contribution in [0.25, 0.3) is 0 Å². The molecule has 1 fully saturated rings. The van der Waals surface area contributed by atoms with Crippen molar-refractivity contribution in [3.8, 4) is 5.75 Å². The molecule has 0 spiro atoms. The van der Waals surface area contributed by atoms with Crippen molar-refractivity contribution in [2.24, 2.45) is 0 Å². The van der Waals surface area contributed by atoms with Crippen LogP contribution in [-0.4, -0.2) is 29.5 Å². The van der Waals surface area contributed by atoms with Crippen molar-refractivity contribution in [3.05, 3.63) is 42.5 Å². The second-order valence-corrected chi connectivity index (χ2v) is 5.47. The molecule has 108 valence electrons. The van der Waals surface area contributed by atoms with Gasteiger partial charge in [-0.25, -0.2) is 0 Å². The lowest BCUT2D eigenvalue weighted by Gasteiger charge is -2.39. The van der Waals surface area contributed by atoms with Crippen molar-refractivity contribution in [1.82, 2.24) is 4.90 Å². The standard InChI is InChI=1S/C17H23NO2/c1-4-12-20-16-10-8-15(9-11-16)17(19)18-13(2)6-5-7-14(18)3/h4,8-11,13-14H,1,5-7,12H2,2-3H3. The molecule has 1 aromatic carbocycles. The number of rotatable bonds is 4. The topological polar surface area (TPSA) is 29.5 Å². The molecule has 3 nitrogen and oxygen atoms in total. The van der Waals surface area contributed by atoms with Gasteiger partial charge in [-0.3, -0.25) is 4.79 Å². The van der Waals surface area contributed by atoms with Gasteiger partial charge in [-0.15, -0.1) is 0 Å². The van der Waals surface area contributed by atoms with E-state index in [0.29, 0.717) is 18.7 Å². The molecule has 1 aliphatic rings. The average molecular weight is 273 g/mol. The Labute approximate surface area is 121 Å². The highest BCUT2D eigenvalue weighted by atomic mass is 16.5. The highest BCUT2D eigenvalue weighted by Gasteiger charge is 2.29. The zero-order valence-electron chi connectivity index (χ0n) is 12.3. The van der Waals surface area contributed by atoms with E-state index in [-0.39, 0.29) is 5.91 Å². The average Bonchev–Trinajstić information content (AvgIpc) is 2.45. The number of carbonyl (C=O) groups excluding carboxylic acids is 1. The first kappa shape index (κ1) is 14.6. The Kier molecular flexibility index (Phi) is 4.83. The molecule has 0 radical (unpaired) electrons. The monoisotopic (exact) mass is 273 g/mol. The van der Waals surface area contributed by atoms with Crippen LogP contribution in [0.4, 0.5) is 0 Å². The second kappa shape index (κ2) is 6.60. The summed E-state index contributed by atoms with van der Waals surface area (Å²) in [6.07, 6.45) is 5.10. The molecule has 0 N–H and O–H groups in total. The molecule has 1 heterocycles. The molecule has 1 aromatic rings. The number of piperidine rings is 1. The predicted octanol–water partition coefficient (Wildman–Crippen LogP) is 3.65. The Bertz CT molecular complexity index is 456. The lowest BCUT2D eigenvalue weighted by Crippen LogP contribution is -2.47. The second-order valence-electron chi connectivity index (χ2n) is 5.47. The van der Waals surface area contributed by atoms with Gasteiger partial charge in [0.15, 0.2) is 0 Å². The van der Waals surface area contributed by atoms with Crippen LogP contribution >= 0.6 is 0 Å². The van der Waals surface area contributed by atoms with Gasteiger partial charge < -0.3 is 9.64 Å². The molecule has 0 saturated carbocycles. The van der Waals surface area contributed by atoms with E-state index in [1.807, 2.05) is 29.2 Å². The van der Waals surface area contributed by atoms with Crippen LogP contribution in [0.15, 0.2) is 36.9 Å². The minimum Gasteiger partial charge on any atom is -0.490 e. The van der Waals surface area contributed by atoms with Gasteiger partial charge in [0.1, 0.15) is 12.4 Å². The van der Waals surface area contributed by atoms with Crippen LogP contribution < -0.4 is 4.74 Å². The first-order chi connectivity index (χ1) is 9.63. The Hall–Kier alpha value is -1.77. The van der Waals surface area contributed by atoms with Crippen molar-refractivity contribution in [1.29, 1.82) is 0 Å². The Morgan fingerprint density at radius 1 is 1.30 bits per heavy atom. The van der Waals surface area contributed by atoms with E-state index in [9.17, 15) is 4.79 Å². The summed E-state index contributed by atoms with van der Waals surface area (Å²) in [5.74, 6) is 0.890. The van der Waals surface area contributed by atoms with Gasteiger partial charge >= 0.3 is 0 Å². The number of carbonyl (C=O) groups is 1. The molecule has 2 unspecified atom stereocenters. The molecule has 20 heavy (non-hydrogen) atoms. The fraction of sp³-hybridized carbons (Fsp3) is 0.471. The summed E-state index contributed by atoms with van der Waals surface area (Å²) in [5, 5.41) is 0. The number of likely N-dealkylation sites (tertiary alicyclic amines) is 1. The normalized spacial score (nSPS) is 22.4. The maximum Gasteiger partial charge on any atom is 0.254 e. The Morgan fingerprint density at radius 3 is 2.45 bits per heavy atom. The summed E-state index contributed by atoms with van der Waals surface area (Å²) in [6.45, 7) is 8.36. The van der Waals surface area contributed by atoms with Crippen molar-refractivity contribution in [3.63, 3.8) is 0 Å². The van der Waals surface area contributed by atoms with Crippen molar-refractivity contribution in [2.45, 2.75) is 45.2 Å². The van der Waals surface area contributed by atoms with E-state index in [4.69, 9.17) is 4.74 Å². The van der Waals surface area contributed by atoms with Gasteiger partial charge in [-0.1, -0.05) is 12.7 Å². The van der Waals surface area contributed by atoms with Crippen LogP contribution in [-0.2, 0) is 0 Å². The van der Waals surface area contributed by atoms with Gasteiger partial charge in [0, 0.05) is 17.6 Å².